The summed E-state index contributed by atoms with van der Waals surface area (Å²) in [7, 11) is 2.98. The fraction of sp³-hybridized carbons (Fsp3) is 0.278. The number of benzene rings is 2. The van der Waals surface area contributed by atoms with Gasteiger partial charge in [-0.05, 0) is 42.3 Å². The highest BCUT2D eigenvalue weighted by Gasteiger charge is 2.07. The number of nitrogens with zero attached hydrogens (tertiary/aromatic N) is 1. The molecule has 2 rings (SSSR count). The van der Waals surface area contributed by atoms with Gasteiger partial charge in [-0.15, -0.1) is 0 Å². The third-order valence-electron chi connectivity index (χ3n) is 3.57. The van der Waals surface area contributed by atoms with Crippen molar-refractivity contribution in [1.29, 1.82) is 0 Å². The number of hydrogen-bond acceptors (Lipinski definition) is 3. The van der Waals surface area contributed by atoms with E-state index in [1.807, 2.05) is 24.3 Å². The summed E-state index contributed by atoms with van der Waals surface area (Å²) in [6.07, 6.45) is 0.865. The van der Waals surface area contributed by atoms with Crippen LogP contribution in [0.15, 0.2) is 48.5 Å². The zero-order valence-corrected chi connectivity index (χ0v) is 13.7. The van der Waals surface area contributed by atoms with Crippen LogP contribution in [-0.2, 0) is 11.3 Å². The van der Waals surface area contributed by atoms with Gasteiger partial charge in [0.2, 0.25) is 0 Å². The van der Waals surface area contributed by atoms with Crippen LogP contribution in [0, 0.1) is 6.92 Å². The summed E-state index contributed by atoms with van der Waals surface area (Å²) in [5.41, 5.74) is 3.25. The van der Waals surface area contributed by atoms with Crippen LogP contribution >= 0.6 is 0 Å². The first-order valence-corrected chi connectivity index (χ1v) is 7.46. The molecule has 0 aliphatic rings. The molecule has 0 saturated heterocycles. The lowest BCUT2D eigenvalue weighted by Gasteiger charge is -2.15. The van der Waals surface area contributed by atoms with E-state index in [0.29, 0.717) is 12.3 Å². The smallest absolute Gasteiger partial charge is 0.345 e. The highest BCUT2D eigenvalue weighted by Crippen LogP contribution is 2.17. The molecule has 5 nitrogen and oxygen atoms in total. The van der Waals surface area contributed by atoms with Gasteiger partial charge in [-0.1, -0.05) is 24.3 Å². The lowest BCUT2D eigenvalue weighted by atomic mass is 10.1. The number of nitrogens with one attached hydrogen (secondary N) is 1. The lowest BCUT2D eigenvalue weighted by molar-refractivity contribution is -0.0598. The quantitative estimate of drug-likeness (QED) is 0.828. The minimum absolute atomic E-state index is 0.333. The van der Waals surface area contributed by atoms with Crippen LogP contribution in [0.5, 0.6) is 5.75 Å². The molecule has 23 heavy (non-hydrogen) atoms. The van der Waals surface area contributed by atoms with Crippen molar-refractivity contribution < 1.29 is 14.4 Å². The Kier molecular flexibility index (Phi) is 6.00. The standard InChI is InChI=1S/C18H22N2O3/c1-14-6-4-5-7-15(14)12-13-23-17-10-8-16(9-11-17)19-18(21)20(2)22-3/h4-11H,12-13H2,1-3H3,(H,19,21). The van der Waals surface area contributed by atoms with E-state index >= 15 is 0 Å². The van der Waals surface area contributed by atoms with E-state index in [0.717, 1.165) is 17.2 Å². The van der Waals surface area contributed by atoms with Crippen molar-refractivity contribution >= 4 is 11.7 Å². The molecule has 0 saturated carbocycles. The van der Waals surface area contributed by atoms with Gasteiger partial charge in [0.05, 0.1) is 13.7 Å². The van der Waals surface area contributed by atoms with Crippen molar-refractivity contribution in [2.75, 3.05) is 26.1 Å². The molecular weight excluding hydrogens is 292 g/mol. The van der Waals surface area contributed by atoms with Gasteiger partial charge in [-0.25, -0.2) is 9.86 Å². The second kappa shape index (κ2) is 8.19. The molecule has 0 heterocycles. The zero-order chi connectivity index (χ0) is 16.7. The molecule has 0 radical (unpaired) electrons. The van der Waals surface area contributed by atoms with Crippen molar-refractivity contribution in [1.82, 2.24) is 5.06 Å². The van der Waals surface area contributed by atoms with Crippen molar-refractivity contribution in [2.24, 2.45) is 0 Å². The summed E-state index contributed by atoms with van der Waals surface area (Å²) in [5, 5.41) is 3.83. The maximum atomic E-state index is 11.6. The maximum Gasteiger partial charge on any atom is 0.345 e. The van der Waals surface area contributed by atoms with Crippen LogP contribution in [0.3, 0.4) is 0 Å². The number of urea groups is 1. The van der Waals surface area contributed by atoms with Gasteiger partial charge in [0.1, 0.15) is 5.75 Å². The molecule has 0 fully saturated rings. The predicted octanol–water partition coefficient (Wildman–Crippen LogP) is 3.64. The van der Waals surface area contributed by atoms with Gasteiger partial charge in [0.15, 0.2) is 0 Å². The number of carbonyl (C=O) groups is 1. The molecule has 0 bridgehead atoms. The molecule has 122 valence electrons. The van der Waals surface area contributed by atoms with E-state index in [9.17, 15) is 4.79 Å². The Bertz CT molecular complexity index is 641. The van der Waals surface area contributed by atoms with E-state index in [4.69, 9.17) is 9.57 Å². The van der Waals surface area contributed by atoms with Gasteiger partial charge >= 0.3 is 6.03 Å². The van der Waals surface area contributed by atoms with Crippen molar-refractivity contribution in [3.63, 3.8) is 0 Å². The second-order valence-electron chi connectivity index (χ2n) is 5.16. The highest BCUT2D eigenvalue weighted by molar-refractivity contribution is 5.88. The molecule has 0 aliphatic heterocycles. The third-order valence-corrected chi connectivity index (χ3v) is 3.57. The van der Waals surface area contributed by atoms with E-state index in [-0.39, 0.29) is 6.03 Å². The zero-order valence-electron chi connectivity index (χ0n) is 13.7. The average Bonchev–Trinajstić information content (AvgIpc) is 2.57. The number of ether oxygens (including phenoxy) is 1. The van der Waals surface area contributed by atoms with Gasteiger partial charge in [-0.3, -0.25) is 4.84 Å². The normalized spacial score (nSPS) is 10.2. The molecule has 2 amide bonds. The Morgan fingerprint density at radius 2 is 1.83 bits per heavy atom. The number of carbonyl (C=O) groups excluding carboxylic acids is 1. The molecule has 1 N–H and O–H groups in total. The predicted molar refractivity (Wildman–Crippen MR) is 90.6 cm³/mol. The number of hydroxylamine groups is 2. The summed E-state index contributed by atoms with van der Waals surface area (Å²) in [5.74, 6) is 0.775. The monoisotopic (exact) mass is 314 g/mol. The van der Waals surface area contributed by atoms with Crippen molar-refractivity contribution in [3.05, 3.63) is 59.7 Å². The van der Waals surface area contributed by atoms with E-state index in [1.165, 1.54) is 18.2 Å². The molecule has 0 aromatic heterocycles. The number of anilines is 1. The van der Waals surface area contributed by atoms with Crippen molar-refractivity contribution in [3.8, 4) is 5.75 Å². The minimum Gasteiger partial charge on any atom is -0.493 e. The van der Waals surface area contributed by atoms with Gasteiger partial charge < -0.3 is 10.1 Å². The second-order valence-corrected chi connectivity index (χ2v) is 5.16. The highest BCUT2D eigenvalue weighted by atomic mass is 16.7. The van der Waals surface area contributed by atoms with E-state index in [2.05, 4.69) is 24.4 Å². The molecule has 0 spiro atoms. The fourth-order valence-corrected chi connectivity index (χ4v) is 2.09. The molecule has 0 unspecified atom stereocenters. The summed E-state index contributed by atoms with van der Waals surface area (Å²) in [6.45, 7) is 2.72. The largest absolute Gasteiger partial charge is 0.493 e. The van der Waals surface area contributed by atoms with Gasteiger partial charge in [0, 0.05) is 19.2 Å². The van der Waals surface area contributed by atoms with Crippen LogP contribution in [0.1, 0.15) is 11.1 Å². The van der Waals surface area contributed by atoms with Crippen LogP contribution in [0.25, 0.3) is 0 Å². The first-order chi connectivity index (χ1) is 11.1. The first-order valence-electron chi connectivity index (χ1n) is 7.46. The molecule has 0 aliphatic carbocycles. The molecule has 5 heteroatoms. The molecular formula is C18H22N2O3. The summed E-state index contributed by atoms with van der Waals surface area (Å²) < 4.78 is 5.75. The summed E-state index contributed by atoms with van der Waals surface area (Å²) in [4.78, 5) is 16.5. The molecule has 0 atom stereocenters. The Morgan fingerprint density at radius 3 is 2.48 bits per heavy atom. The van der Waals surface area contributed by atoms with Gasteiger partial charge in [0.25, 0.3) is 0 Å². The Balaban J connectivity index is 1.83. The van der Waals surface area contributed by atoms with Crippen LogP contribution in [-0.4, -0.2) is 31.9 Å². The summed E-state index contributed by atoms with van der Waals surface area (Å²) >= 11 is 0. The molecule has 2 aromatic rings. The third kappa shape index (κ3) is 5.00. The number of amides is 2. The SMILES string of the molecule is CON(C)C(=O)Nc1ccc(OCCc2ccccc2C)cc1. The fourth-order valence-electron chi connectivity index (χ4n) is 2.09. The van der Waals surface area contributed by atoms with Gasteiger partial charge in [-0.2, -0.15) is 0 Å². The van der Waals surface area contributed by atoms with Crippen molar-refractivity contribution in [2.45, 2.75) is 13.3 Å². The maximum absolute atomic E-state index is 11.6. The van der Waals surface area contributed by atoms with Crippen LogP contribution in [0.2, 0.25) is 0 Å². The first kappa shape index (κ1) is 16.8. The Labute approximate surface area is 136 Å². The van der Waals surface area contributed by atoms with Crippen LogP contribution in [0.4, 0.5) is 10.5 Å². The Hall–Kier alpha value is -2.53. The number of rotatable bonds is 6. The van der Waals surface area contributed by atoms with E-state index < -0.39 is 0 Å². The topological polar surface area (TPSA) is 50.8 Å². The minimum atomic E-state index is -0.333. The van der Waals surface area contributed by atoms with E-state index in [1.54, 1.807) is 19.2 Å². The van der Waals surface area contributed by atoms with Crippen LogP contribution < -0.4 is 10.1 Å². The Morgan fingerprint density at radius 1 is 1.13 bits per heavy atom. The number of hydrogen-bond donors (Lipinski definition) is 1. The summed E-state index contributed by atoms with van der Waals surface area (Å²) in [6, 6.07) is 15.2. The lowest BCUT2D eigenvalue weighted by Crippen LogP contribution is -2.30. The number of aryl methyl sites for hydroxylation is 1. The molecule has 2 aromatic carbocycles. The average molecular weight is 314 g/mol.